The van der Waals surface area contributed by atoms with Gasteiger partial charge in [-0.2, -0.15) is 0 Å². The molecule has 0 aliphatic carbocycles. The third-order valence-corrected chi connectivity index (χ3v) is 5.99. The first-order valence-electron chi connectivity index (χ1n) is 9.92. The number of hydrogen-bond donors (Lipinski definition) is 0. The van der Waals surface area contributed by atoms with E-state index in [-0.39, 0.29) is 5.91 Å². The van der Waals surface area contributed by atoms with Gasteiger partial charge in [0.2, 0.25) is 0 Å². The first-order chi connectivity index (χ1) is 14.9. The molecular weight excluding hydrogens is 473 g/mol. The van der Waals surface area contributed by atoms with Crippen molar-refractivity contribution in [1.29, 1.82) is 0 Å². The normalized spacial score (nSPS) is 14.8. The molecule has 0 radical (unpaired) electrons. The van der Waals surface area contributed by atoms with Gasteiger partial charge in [-0.15, -0.1) is 0 Å². The van der Waals surface area contributed by atoms with Gasteiger partial charge >= 0.3 is 0 Å². The molecule has 2 heterocycles. The Morgan fingerprint density at radius 3 is 2.42 bits per heavy atom. The number of methoxy groups -OCH3 is 1. The summed E-state index contributed by atoms with van der Waals surface area (Å²) < 4.78 is 11.5. The number of ether oxygens (including phenoxy) is 1. The third-order valence-electron chi connectivity index (χ3n) is 3.88. The van der Waals surface area contributed by atoms with Crippen LogP contribution in [0, 0.1) is 0 Å². The van der Waals surface area contributed by atoms with Crippen LogP contribution in [0.15, 0.2) is 51.5 Å². The van der Waals surface area contributed by atoms with E-state index in [0.717, 1.165) is 5.56 Å². The van der Waals surface area contributed by atoms with E-state index in [0.29, 0.717) is 43.1 Å². The average molecular weight is 501 g/mol. The summed E-state index contributed by atoms with van der Waals surface area (Å²) in [5, 5.41) is 0.929. The highest BCUT2D eigenvalue weighted by Crippen LogP contribution is 2.35. The second-order valence-corrected chi connectivity index (χ2v) is 8.05. The lowest BCUT2D eigenvalue weighted by atomic mass is 10.2. The zero-order valence-corrected chi connectivity index (χ0v) is 21.6. The Balaban J connectivity index is 0.00000113. The Labute approximate surface area is 204 Å². The summed E-state index contributed by atoms with van der Waals surface area (Å²) in [6.45, 7) is 10.2. The summed E-state index contributed by atoms with van der Waals surface area (Å²) in [5.74, 6) is 1.68. The summed E-state index contributed by atoms with van der Waals surface area (Å²) in [6, 6.07) is 8.86. The van der Waals surface area contributed by atoms with Crippen molar-refractivity contribution in [3.05, 3.63) is 62.9 Å². The van der Waals surface area contributed by atoms with E-state index in [2.05, 4.69) is 0 Å². The molecule has 2 aromatic rings. The van der Waals surface area contributed by atoms with Crippen molar-refractivity contribution in [2.24, 2.45) is 0 Å². The summed E-state index contributed by atoms with van der Waals surface area (Å²) in [5.41, 5.74) is 0.800. The summed E-state index contributed by atoms with van der Waals surface area (Å²) in [7, 11) is 1.57. The van der Waals surface area contributed by atoms with E-state index in [9.17, 15) is 4.79 Å². The minimum absolute atomic E-state index is 0.172. The lowest BCUT2D eigenvalue weighted by molar-refractivity contribution is -0.122. The SMILES string of the molecule is C/C=C(/CN1C(=O)/C(=C/c2ccc(-c3ccc(Cl)c(Cl)c3)o2)SC1=S)OC.CC.CC. The molecule has 0 saturated carbocycles. The predicted octanol–water partition coefficient (Wildman–Crippen LogP) is 8.06. The monoisotopic (exact) mass is 499 g/mol. The molecule has 0 bridgehead atoms. The van der Waals surface area contributed by atoms with Crippen molar-refractivity contribution in [2.45, 2.75) is 34.6 Å². The molecule has 8 heteroatoms. The fourth-order valence-corrected chi connectivity index (χ4v) is 3.96. The van der Waals surface area contributed by atoms with Gasteiger partial charge in [0.05, 0.1) is 28.6 Å². The minimum Gasteiger partial charge on any atom is -0.500 e. The molecule has 0 unspecified atom stereocenters. The Kier molecular flexibility index (Phi) is 12.0. The van der Waals surface area contributed by atoms with Gasteiger partial charge in [0.1, 0.15) is 21.6 Å². The maximum atomic E-state index is 12.6. The van der Waals surface area contributed by atoms with Gasteiger partial charge in [-0.3, -0.25) is 9.69 Å². The zero-order valence-electron chi connectivity index (χ0n) is 18.5. The maximum Gasteiger partial charge on any atom is 0.266 e. The van der Waals surface area contributed by atoms with Crippen LogP contribution in [0.2, 0.25) is 10.0 Å². The van der Waals surface area contributed by atoms with Crippen LogP contribution in [0.25, 0.3) is 17.4 Å². The van der Waals surface area contributed by atoms with Crippen LogP contribution in [0.5, 0.6) is 0 Å². The number of carbonyl (C=O) groups is 1. The van der Waals surface area contributed by atoms with Crippen molar-refractivity contribution in [1.82, 2.24) is 4.90 Å². The molecule has 0 spiro atoms. The molecule has 1 aliphatic heterocycles. The highest BCUT2D eigenvalue weighted by atomic mass is 35.5. The molecule has 0 atom stereocenters. The van der Waals surface area contributed by atoms with Gasteiger partial charge < -0.3 is 9.15 Å². The van der Waals surface area contributed by atoms with Crippen LogP contribution >= 0.6 is 47.2 Å². The fourth-order valence-electron chi connectivity index (χ4n) is 2.43. The Morgan fingerprint density at radius 1 is 1.16 bits per heavy atom. The van der Waals surface area contributed by atoms with Gasteiger partial charge in [-0.1, -0.05) is 74.9 Å². The Hall–Kier alpha value is -1.73. The maximum absolute atomic E-state index is 12.6. The first-order valence-corrected chi connectivity index (χ1v) is 11.9. The topological polar surface area (TPSA) is 42.7 Å². The molecule has 1 aliphatic rings. The number of carbonyl (C=O) groups excluding carboxylic acids is 1. The molecule has 168 valence electrons. The van der Waals surface area contributed by atoms with E-state index in [1.165, 1.54) is 16.7 Å². The van der Waals surface area contributed by atoms with Crippen LogP contribution in [0.1, 0.15) is 40.4 Å². The average Bonchev–Trinajstić information content (AvgIpc) is 3.36. The number of halogens is 2. The number of furan rings is 1. The summed E-state index contributed by atoms with van der Waals surface area (Å²) in [6.07, 6.45) is 3.49. The fraction of sp³-hybridized carbons (Fsp3) is 0.304. The van der Waals surface area contributed by atoms with Crippen LogP contribution < -0.4 is 0 Å². The molecule has 1 aromatic heterocycles. The smallest absolute Gasteiger partial charge is 0.266 e. The van der Waals surface area contributed by atoms with Crippen molar-refractivity contribution in [3.63, 3.8) is 0 Å². The Morgan fingerprint density at radius 2 is 1.84 bits per heavy atom. The molecule has 4 nitrogen and oxygen atoms in total. The minimum atomic E-state index is -0.172. The molecule has 3 rings (SSSR count). The zero-order chi connectivity index (χ0) is 23.6. The largest absolute Gasteiger partial charge is 0.500 e. The standard InChI is InChI=1S/C19H15Cl2NO3S2.2C2H6/c1-3-12(24-2)10-22-18(23)17(27-19(22)26)9-13-5-7-16(25-13)11-4-6-14(20)15(21)8-11;2*1-2/h3-9H,10H2,1-2H3;2*1-2H3/b12-3-,17-9-;;. The van der Waals surface area contributed by atoms with Gasteiger partial charge in [0.15, 0.2) is 0 Å². The van der Waals surface area contributed by atoms with E-state index in [1.807, 2.05) is 46.8 Å². The Bertz CT molecular complexity index is 967. The van der Waals surface area contributed by atoms with Gasteiger partial charge in [0.25, 0.3) is 5.91 Å². The molecule has 1 amide bonds. The number of rotatable bonds is 5. The van der Waals surface area contributed by atoms with E-state index in [1.54, 1.807) is 37.5 Å². The third kappa shape index (κ3) is 7.14. The molecule has 1 aromatic carbocycles. The first kappa shape index (κ1) is 27.3. The van der Waals surface area contributed by atoms with Crippen molar-refractivity contribution in [3.8, 4) is 11.3 Å². The van der Waals surface area contributed by atoms with Crippen LogP contribution in [-0.2, 0) is 9.53 Å². The lowest BCUT2D eigenvalue weighted by Gasteiger charge is -2.15. The molecule has 0 N–H and O–H groups in total. The lowest BCUT2D eigenvalue weighted by Crippen LogP contribution is -2.30. The van der Waals surface area contributed by atoms with Crippen molar-refractivity contribution < 1.29 is 13.9 Å². The van der Waals surface area contributed by atoms with E-state index in [4.69, 9.17) is 44.6 Å². The van der Waals surface area contributed by atoms with Gasteiger partial charge in [0, 0.05) is 11.6 Å². The van der Waals surface area contributed by atoms with Gasteiger partial charge in [-0.05, 0) is 43.3 Å². The quantitative estimate of drug-likeness (QED) is 0.236. The second-order valence-electron chi connectivity index (χ2n) is 5.56. The number of allylic oxidation sites excluding steroid dienone is 1. The summed E-state index contributed by atoms with van der Waals surface area (Å²) in [4.78, 5) is 14.6. The van der Waals surface area contributed by atoms with E-state index < -0.39 is 0 Å². The van der Waals surface area contributed by atoms with E-state index >= 15 is 0 Å². The number of nitrogens with zero attached hydrogens (tertiary/aromatic N) is 1. The van der Waals surface area contributed by atoms with Crippen molar-refractivity contribution in [2.75, 3.05) is 13.7 Å². The number of hydrogen-bond acceptors (Lipinski definition) is 5. The molecule has 1 fully saturated rings. The van der Waals surface area contributed by atoms with Crippen LogP contribution in [0.3, 0.4) is 0 Å². The predicted molar refractivity (Wildman–Crippen MR) is 138 cm³/mol. The molecule has 31 heavy (non-hydrogen) atoms. The van der Waals surface area contributed by atoms with Crippen molar-refractivity contribution >= 4 is 63.5 Å². The highest BCUT2D eigenvalue weighted by Gasteiger charge is 2.32. The number of benzene rings is 1. The van der Waals surface area contributed by atoms with Crippen LogP contribution in [0.4, 0.5) is 0 Å². The van der Waals surface area contributed by atoms with Crippen LogP contribution in [-0.4, -0.2) is 28.8 Å². The number of amides is 1. The number of thiocarbonyl (C=S) groups is 1. The molecular formula is C23H27Cl2NO3S2. The highest BCUT2D eigenvalue weighted by molar-refractivity contribution is 8.26. The number of thioether (sulfide) groups is 1. The molecule has 1 saturated heterocycles. The van der Waals surface area contributed by atoms with Gasteiger partial charge in [-0.25, -0.2) is 0 Å². The summed E-state index contributed by atoms with van der Waals surface area (Å²) >= 11 is 18.6. The second kappa shape index (κ2) is 13.6.